The van der Waals surface area contributed by atoms with Gasteiger partial charge in [0.2, 0.25) is 0 Å². The summed E-state index contributed by atoms with van der Waals surface area (Å²) in [4.78, 5) is 50.2. The average molecular weight is 585 g/mol. The molecule has 0 saturated heterocycles. The van der Waals surface area contributed by atoms with Crippen molar-refractivity contribution in [2.45, 2.75) is 5.54 Å². The molecule has 1 aromatic heterocycles. The van der Waals surface area contributed by atoms with E-state index in [2.05, 4.69) is 21.0 Å². The van der Waals surface area contributed by atoms with E-state index in [-0.39, 0.29) is 37.6 Å². The van der Waals surface area contributed by atoms with E-state index in [4.69, 9.17) is 10.2 Å². The summed E-state index contributed by atoms with van der Waals surface area (Å²) in [6, 6.07) is 29.1. The molecule has 0 bridgehead atoms. The van der Waals surface area contributed by atoms with Crippen LogP contribution < -0.4 is 16.0 Å². The Hall–Kier alpha value is -5.65. The first-order valence-electron chi connectivity index (χ1n) is 13.5. The molecule has 12 nitrogen and oxygen atoms in total. The quantitative estimate of drug-likeness (QED) is 0.0906. The van der Waals surface area contributed by atoms with E-state index in [9.17, 15) is 19.2 Å². The third-order valence-corrected chi connectivity index (χ3v) is 6.91. The lowest BCUT2D eigenvalue weighted by molar-refractivity contribution is -0.126. The molecule has 3 aromatic carbocycles. The molecule has 0 saturated carbocycles. The fourth-order valence-electron chi connectivity index (χ4n) is 4.88. The number of carboxylic acid groups (broad SMARTS) is 2. The second-order valence-corrected chi connectivity index (χ2v) is 9.59. The van der Waals surface area contributed by atoms with Crippen molar-refractivity contribution in [3.05, 3.63) is 119 Å². The van der Waals surface area contributed by atoms with Gasteiger partial charge in [-0.2, -0.15) is 5.10 Å². The SMILES string of the molecule is Cn1ncc(C(=O)C(=O)N(CCNC(=O)O)CCNC(=O)O)c1NC(c1ccccc1)(c1ccccc1)c1ccccc1. The molecule has 4 rings (SSSR count). The largest absolute Gasteiger partial charge is 0.465 e. The van der Waals surface area contributed by atoms with Gasteiger partial charge in [0, 0.05) is 33.2 Å². The summed E-state index contributed by atoms with van der Waals surface area (Å²) in [5.41, 5.74) is 1.62. The van der Waals surface area contributed by atoms with Gasteiger partial charge in [-0.1, -0.05) is 91.0 Å². The molecule has 0 aliphatic carbocycles. The Morgan fingerprint density at radius 2 is 1.16 bits per heavy atom. The highest BCUT2D eigenvalue weighted by molar-refractivity contribution is 6.43. The molecule has 0 radical (unpaired) electrons. The Kier molecular flexibility index (Phi) is 9.74. The highest BCUT2D eigenvalue weighted by Crippen LogP contribution is 2.40. The molecule has 4 aromatic rings. The molecule has 0 unspecified atom stereocenters. The second-order valence-electron chi connectivity index (χ2n) is 9.59. The number of hydrogen-bond acceptors (Lipinski definition) is 6. The van der Waals surface area contributed by atoms with E-state index in [0.29, 0.717) is 0 Å². The number of rotatable bonds is 13. The van der Waals surface area contributed by atoms with Crippen LogP contribution in [-0.4, -0.2) is 74.9 Å². The lowest BCUT2D eigenvalue weighted by Crippen LogP contribution is -2.45. The number of nitrogens with one attached hydrogen (secondary N) is 3. The van der Waals surface area contributed by atoms with E-state index in [1.807, 2.05) is 91.0 Å². The fourth-order valence-corrected chi connectivity index (χ4v) is 4.88. The molecule has 12 heteroatoms. The maximum absolute atomic E-state index is 13.8. The van der Waals surface area contributed by atoms with Crippen LogP contribution in [-0.2, 0) is 17.4 Å². The van der Waals surface area contributed by atoms with E-state index >= 15 is 0 Å². The Bertz CT molecular complexity index is 1440. The standard InChI is InChI=1S/C31H32N6O6/c1-36-27(25(21-34-36)26(38)28(39)37(19-17-32-29(40)41)20-18-33-30(42)43)35-31(22-11-5-2-6-12-22,23-13-7-3-8-14-23)24-15-9-4-10-16-24/h2-16,21,32-33,35H,17-20H2,1H3,(H,40,41)(H,42,43). The van der Waals surface area contributed by atoms with Crippen molar-refractivity contribution < 1.29 is 29.4 Å². The summed E-state index contributed by atoms with van der Waals surface area (Å²) >= 11 is 0. The normalized spacial score (nSPS) is 10.9. The molecule has 0 spiro atoms. The minimum atomic E-state index is -1.29. The van der Waals surface area contributed by atoms with E-state index in [1.165, 1.54) is 10.9 Å². The Labute approximate surface area is 248 Å². The van der Waals surface area contributed by atoms with Gasteiger partial charge in [0.05, 0.1) is 11.8 Å². The third-order valence-electron chi connectivity index (χ3n) is 6.91. The van der Waals surface area contributed by atoms with Crippen LogP contribution in [0.25, 0.3) is 0 Å². The predicted octanol–water partition coefficient (Wildman–Crippen LogP) is 3.37. The molecule has 0 aliphatic rings. The van der Waals surface area contributed by atoms with Crippen molar-refractivity contribution in [3.63, 3.8) is 0 Å². The van der Waals surface area contributed by atoms with Crippen LogP contribution in [0.4, 0.5) is 15.4 Å². The summed E-state index contributed by atoms with van der Waals surface area (Å²) in [5.74, 6) is -1.54. The molecule has 3 amide bonds. The topological polar surface area (TPSA) is 166 Å². The van der Waals surface area contributed by atoms with Gasteiger partial charge < -0.3 is 31.1 Å². The summed E-state index contributed by atoms with van der Waals surface area (Å²) in [6.07, 6.45) is -1.28. The van der Waals surface area contributed by atoms with Gasteiger partial charge in [-0.05, 0) is 16.7 Å². The maximum atomic E-state index is 13.8. The van der Waals surface area contributed by atoms with E-state index in [1.54, 1.807) is 7.05 Å². The minimum absolute atomic E-state index is 0.00190. The number of anilines is 1. The van der Waals surface area contributed by atoms with Crippen molar-refractivity contribution in [2.24, 2.45) is 7.05 Å². The van der Waals surface area contributed by atoms with Crippen LogP contribution in [0, 0.1) is 0 Å². The summed E-state index contributed by atoms with van der Waals surface area (Å²) in [5, 5.41) is 30.1. The molecule has 222 valence electrons. The molecular weight excluding hydrogens is 552 g/mol. The second kappa shape index (κ2) is 13.8. The molecule has 0 aliphatic heterocycles. The van der Waals surface area contributed by atoms with Gasteiger partial charge in [0.15, 0.2) is 0 Å². The predicted molar refractivity (Wildman–Crippen MR) is 159 cm³/mol. The van der Waals surface area contributed by atoms with Crippen LogP contribution >= 0.6 is 0 Å². The van der Waals surface area contributed by atoms with Crippen LogP contribution in [0.3, 0.4) is 0 Å². The third kappa shape index (κ3) is 6.99. The minimum Gasteiger partial charge on any atom is -0.465 e. The number of aryl methyl sites for hydroxylation is 1. The van der Waals surface area contributed by atoms with Crippen LogP contribution in [0.5, 0.6) is 0 Å². The monoisotopic (exact) mass is 584 g/mol. The van der Waals surface area contributed by atoms with Crippen molar-refractivity contribution in [2.75, 3.05) is 31.5 Å². The first kappa shape index (κ1) is 30.3. The zero-order valence-corrected chi connectivity index (χ0v) is 23.4. The first-order valence-corrected chi connectivity index (χ1v) is 13.5. The fraction of sp³-hybridized carbons (Fsp3) is 0.194. The summed E-state index contributed by atoms with van der Waals surface area (Å²) < 4.78 is 1.48. The number of nitrogens with zero attached hydrogens (tertiary/aromatic N) is 3. The smallest absolute Gasteiger partial charge is 0.404 e. The van der Waals surface area contributed by atoms with Crippen molar-refractivity contribution in [3.8, 4) is 0 Å². The van der Waals surface area contributed by atoms with Gasteiger partial charge in [-0.15, -0.1) is 0 Å². The lowest BCUT2D eigenvalue weighted by Gasteiger charge is -2.38. The number of Topliss-reactive ketones (excluding diaryl/α,β-unsaturated/α-hetero) is 1. The van der Waals surface area contributed by atoms with Crippen molar-refractivity contribution in [1.82, 2.24) is 25.3 Å². The summed E-state index contributed by atoms with van der Waals surface area (Å²) in [6.45, 7) is -0.607. The number of amides is 3. The molecule has 0 atom stereocenters. The Morgan fingerprint density at radius 1 is 0.744 bits per heavy atom. The number of aromatic nitrogens is 2. The maximum Gasteiger partial charge on any atom is 0.404 e. The Morgan fingerprint density at radius 3 is 1.56 bits per heavy atom. The zero-order valence-electron chi connectivity index (χ0n) is 23.4. The number of carbonyl (C=O) groups is 4. The average Bonchev–Trinajstić information content (AvgIpc) is 3.38. The summed E-state index contributed by atoms with van der Waals surface area (Å²) in [7, 11) is 1.65. The van der Waals surface area contributed by atoms with Gasteiger partial charge in [-0.3, -0.25) is 14.3 Å². The number of hydrogen-bond donors (Lipinski definition) is 5. The van der Waals surface area contributed by atoms with Crippen molar-refractivity contribution in [1.29, 1.82) is 0 Å². The number of ketones is 1. The van der Waals surface area contributed by atoms with Crippen LogP contribution in [0.2, 0.25) is 0 Å². The van der Waals surface area contributed by atoms with Crippen LogP contribution in [0.15, 0.2) is 97.2 Å². The number of carbonyl (C=O) groups excluding carboxylic acids is 2. The van der Waals surface area contributed by atoms with Crippen LogP contribution in [0.1, 0.15) is 27.0 Å². The van der Waals surface area contributed by atoms with Crippen molar-refractivity contribution >= 4 is 29.7 Å². The highest BCUT2D eigenvalue weighted by atomic mass is 16.4. The van der Waals surface area contributed by atoms with E-state index < -0.39 is 29.4 Å². The molecule has 0 fully saturated rings. The molecule has 1 heterocycles. The number of benzene rings is 3. The van der Waals surface area contributed by atoms with Gasteiger partial charge >= 0.3 is 12.2 Å². The first-order chi connectivity index (χ1) is 20.7. The zero-order chi connectivity index (χ0) is 30.8. The Balaban J connectivity index is 1.77. The lowest BCUT2D eigenvalue weighted by atomic mass is 9.77. The van der Waals surface area contributed by atoms with Gasteiger partial charge in [0.1, 0.15) is 11.4 Å². The highest BCUT2D eigenvalue weighted by Gasteiger charge is 2.39. The van der Waals surface area contributed by atoms with E-state index in [0.717, 1.165) is 21.6 Å². The van der Waals surface area contributed by atoms with Gasteiger partial charge in [-0.25, -0.2) is 9.59 Å². The molecule has 5 N–H and O–H groups in total. The molecule has 43 heavy (non-hydrogen) atoms. The van der Waals surface area contributed by atoms with Gasteiger partial charge in [0.25, 0.3) is 11.7 Å². The molecular formula is C31H32N6O6.